The quantitative estimate of drug-likeness (QED) is 0.247. The van der Waals surface area contributed by atoms with Crippen LogP contribution in [0.15, 0.2) is 0 Å². The van der Waals surface area contributed by atoms with Crippen molar-refractivity contribution in [3.63, 3.8) is 0 Å². The van der Waals surface area contributed by atoms with Crippen LogP contribution in [0.1, 0.15) is 6.42 Å². The van der Waals surface area contributed by atoms with Gasteiger partial charge in [-0.3, -0.25) is 0 Å². The van der Waals surface area contributed by atoms with Crippen molar-refractivity contribution in [1.29, 1.82) is 0 Å². The Bertz CT molecular complexity index is 458. The Kier molecular flexibility index (Phi) is 9.68. The van der Waals surface area contributed by atoms with Gasteiger partial charge < -0.3 is 39.2 Å². The van der Waals surface area contributed by atoms with E-state index in [1.807, 2.05) is 13.1 Å². The van der Waals surface area contributed by atoms with Crippen LogP contribution in [-0.4, -0.2) is 85.3 Å². The Morgan fingerprint density at radius 1 is 0.893 bits per heavy atom. The Hall–Kier alpha value is 0.724. The predicted octanol–water partition coefficient (Wildman–Crippen LogP) is 2.09. The summed E-state index contributed by atoms with van der Waals surface area (Å²) in [5.74, 6) is 0. The summed E-state index contributed by atoms with van der Waals surface area (Å²) in [6, 6.07) is 2.19. The van der Waals surface area contributed by atoms with Gasteiger partial charge in [0, 0.05) is 34.0 Å². The molecule has 0 N–H and O–H groups in total. The fourth-order valence-corrected chi connectivity index (χ4v) is 21.7. The molecule has 0 aromatic heterocycles. The van der Waals surface area contributed by atoms with Gasteiger partial charge in [-0.2, -0.15) is 0 Å². The van der Waals surface area contributed by atoms with E-state index in [1.165, 1.54) is 0 Å². The third-order valence-corrected chi connectivity index (χ3v) is 21.8. The van der Waals surface area contributed by atoms with Gasteiger partial charge in [-0.15, -0.1) is 0 Å². The highest BCUT2D eigenvalue weighted by Crippen LogP contribution is 2.30. The Morgan fingerprint density at radius 3 is 1.79 bits per heavy atom. The van der Waals surface area contributed by atoms with Gasteiger partial charge in [-0.1, -0.05) is 0 Å². The first-order valence-corrected chi connectivity index (χ1v) is 20.1. The summed E-state index contributed by atoms with van der Waals surface area (Å²) >= 11 is 0. The molecule has 0 bridgehead atoms. The molecule has 2 aliphatic heterocycles. The highest BCUT2D eigenvalue weighted by molar-refractivity contribution is 6.85. The molecule has 0 aliphatic carbocycles. The van der Waals surface area contributed by atoms with E-state index in [2.05, 4.69) is 13.1 Å². The lowest BCUT2D eigenvalue weighted by Gasteiger charge is -2.41. The minimum absolute atomic E-state index is 0.00872. The van der Waals surface area contributed by atoms with E-state index < -0.39 is 44.5 Å². The van der Waals surface area contributed by atoms with Crippen LogP contribution in [-0.2, 0) is 39.2 Å². The molecule has 28 heavy (non-hydrogen) atoms. The maximum atomic E-state index is 6.41. The molecule has 0 aromatic carbocycles. The van der Waals surface area contributed by atoms with Crippen LogP contribution in [0.4, 0.5) is 0 Å². The SMILES string of the molecule is CO[Si](CC[Si]1(C)O[Si](C)O[Si](C)(CCCOC2CO2)O[Si](C)O1)(OC)OC. The van der Waals surface area contributed by atoms with E-state index in [0.29, 0.717) is 25.3 Å². The lowest BCUT2D eigenvalue weighted by atomic mass is 10.5. The smallest absolute Gasteiger partial charge is 0.415 e. The second-order valence-corrected chi connectivity index (χ2v) is 21.0. The van der Waals surface area contributed by atoms with Gasteiger partial charge in [0.2, 0.25) is 0 Å². The summed E-state index contributed by atoms with van der Waals surface area (Å²) in [6.07, 6.45) is 0.871. The van der Waals surface area contributed by atoms with Crippen molar-refractivity contribution in [2.75, 3.05) is 34.5 Å². The molecule has 0 aromatic rings. The monoisotopic (exact) mass is 486 g/mol. The molecule has 1 atom stereocenters. The molecule has 2 rings (SSSR count). The number of ether oxygens (including phenoxy) is 2. The van der Waals surface area contributed by atoms with Gasteiger partial charge in [0.25, 0.3) is 0 Å². The van der Waals surface area contributed by atoms with Crippen molar-refractivity contribution in [1.82, 2.24) is 0 Å². The van der Waals surface area contributed by atoms with E-state index in [0.717, 1.165) is 12.5 Å². The van der Waals surface area contributed by atoms with Crippen molar-refractivity contribution in [3.8, 4) is 0 Å². The van der Waals surface area contributed by atoms with Gasteiger partial charge in [-0.05, 0) is 44.7 Å². The Morgan fingerprint density at radius 2 is 1.36 bits per heavy atom. The summed E-state index contributed by atoms with van der Waals surface area (Å²) in [5, 5.41) is 0. The van der Waals surface area contributed by atoms with Gasteiger partial charge in [0.15, 0.2) is 6.29 Å². The highest BCUT2D eigenvalue weighted by atomic mass is 28.5. The van der Waals surface area contributed by atoms with E-state index in [4.69, 9.17) is 39.2 Å². The second-order valence-electron chi connectivity index (χ2n) is 7.19. The molecular weight excluding hydrogens is 453 g/mol. The van der Waals surface area contributed by atoms with E-state index >= 15 is 0 Å². The molecule has 0 spiro atoms. The molecule has 2 saturated heterocycles. The molecule has 0 saturated carbocycles. The predicted molar refractivity (Wildman–Crippen MR) is 112 cm³/mol. The van der Waals surface area contributed by atoms with E-state index in [-0.39, 0.29) is 6.29 Å². The number of hydrogen-bond donors (Lipinski definition) is 0. The summed E-state index contributed by atoms with van der Waals surface area (Å²) < 4.78 is 52.8. The number of hydrogen-bond acceptors (Lipinski definition) is 9. The van der Waals surface area contributed by atoms with Crippen LogP contribution in [0.3, 0.4) is 0 Å². The summed E-state index contributed by atoms with van der Waals surface area (Å²) in [4.78, 5) is 0. The maximum absolute atomic E-state index is 6.41. The van der Waals surface area contributed by atoms with Crippen LogP contribution in [0.25, 0.3) is 0 Å². The van der Waals surface area contributed by atoms with Gasteiger partial charge in [-0.25, -0.2) is 0 Å². The molecular formula is C14H34O9Si5. The van der Waals surface area contributed by atoms with Gasteiger partial charge >= 0.3 is 44.5 Å². The topological polar surface area (TPSA) is 86.4 Å². The fourth-order valence-electron chi connectivity index (χ4n) is 3.18. The van der Waals surface area contributed by atoms with Crippen molar-refractivity contribution in [2.45, 2.75) is 57.0 Å². The Balaban J connectivity index is 1.91. The lowest BCUT2D eigenvalue weighted by Crippen LogP contribution is -2.58. The first-order valence-electron chi connectivity index (χ1n) is 9.49. The largest absolute Gasteiger partial charge is 0.500 e. The Labute approximate surface area is 175 Å². The molecule has 2 heterocycles. The third-order valence-electron chi connectivity index (χ3n) is 4.64. The van der Waals surface area contributed by atoms with Crippen molar-refractivity contribution in [3.05, 3.63) is 0 Å². The third kappa shape index (κ3) is 7.76. The molecule has 2 aliphatic rings. The van der Waals surface area contributed by atoms with Crippen LogP contribution in [0.2, 0.25) is 44.3 Å². The van der Waals surface area contributed by atoms with Crippen LogP contribution >= 0.6 is 0 Å². The zero-order valence-corrected chi connectivity index (χ0v) is 23.0. The normalized spacial score (nSPS) is 32.9. The van der Waals surface area contributed by atoms with Crippen molar-refractivity contribution in [2.24, 2.45) is 0 Å². The van der Waals surface area contributed by atoms with Crippen LogP contribution in [0, 0.1) is 0 Å². The molecule has 0 amide bonds. The summed E-state index contributed by atoms with van der Waals surface area (Å²) in [6.45, 7) is 9.56. The van der Waals surface area contributed by atoms with Crippen LogP contribution in [0.5, 0.6) is 0 Å². The molecule has 14 heteroatoms. The minimum atomic E-state index is -2.68. The average Bonchev–Trinajstić information content (AvgIpc) is 3.43. The number of epoxide rings is 1. The van der Waals surface area contributed by atoms with Crippen molar-refractivity contribution >= 4 is 44.5 Å². The van der Waals surface area contributed by atoms with Crippen LogP contribution < -0.4 is 0 Å². The zero-order chi connectivity index (χ0) is 20.8. The van der Waals surface area contributed by atoms with E-state index in [9.17, 15) is 0 Å². The van der Waals surface area contributed by atoms with Crippen molar-refractivity contribution < 1.29 is 39.2 Å². The first kappa shape index (κ1) is 25.0. The first-order chi connectivity index (χ1) is 13.2. The van der Waals surface area contributed by atoms with Gasteiger partial charge in [0.1, 0.15) is 6.61 Å². The lowest BCUT2D eigenvalue weighted by molar-refractivity contribution is 0.0499. The fraction of sp³-hybridized carbons (Fsp3) is 1.00. The molecule has 164 valence electrons. The summed E-state index contributed by atoms with van der Waals surface area (Å²) in [7, 11) is -5.67. The highest BCUT2D eigenvalue weighted by Gasteiger charge is 2.49. The average molecular weight is 487 g/mol. The van der Waals surface area contributed by atoms with E-state index in [1.54, 1.807) is 21.3 Å². The summed E-state index contributed by atoms with van der Waals surface area (Å²) in [5.41, 5.74) is 0. The minimum Gasteiger partial charge on any atom is -0.415 e. The molecule has 9 nitrogen and oxygen atoms in total. The maximum Gasteiger partial charge on any atom is 0.500 e. The zero-order valence-electron chi connectivity index (χ0n) is 18.0. The number of rotatable bonds is 11. The standard InChI is InChI=1S/C14H34O9Si5/c1-15-28(16-2,17-3)12-11-27(7)22-24(4)20-26(6,21-25(5)23-27)10-8-9-18-14-13-19-14/h14H,8-13H2,1-7H3. The molecule has 1 unspecified atom stereocenters. The molecule has 2 fully saturated rings. The van der Waals surface area contributed by atoms with Gasteiger partial charge in [0.05, 0.1) is 0 Å². The molecule has 2 radical (unpaired) electrons. The second kappa shape index (κ2) is 10.8.